The molecule has 0 aliphatic rings. The van der Waals surface area contributed by atoms with Gasteiger partial charge in [-0.15, -0.1) is 0 Å². The highest BCUT2D eigenvalue weighted by Crippen LogP contribution is 2.29. The van der Waals surface area contributed by atoms with Crippen molar-refractivity contribution in [2.75, 3.05) is 20.8 Å². The molecule has 150 valence electrons. The molecule has 2 aromatic carbocycles. The molecular formula is C20H16F2N2O4S. The van der Waals surface area contributed by atoms with Crippen LogP contribution in [0.3, 0.4) is 0 Å². The number of hydrogen-bond donors (Lipinski definition) is 0. The number of nitrogens with zero attached hydrogens (tertiary/aromatic N) is 2. The summed E-state index contributed by atoms with van der Waals surface area (Å²) in [5, 5.41) is 0.694. The van der Waals surface area contributed by atoms with E-state index in [-0.39, 0.29) is 29.2 Å². The minimum atomic E-state index is -0.727. The Bertz CT molecular complexity index is 1290. The summed E-state index contributed by atoms with van der Waals surface area (Å²) in [6, 6.07) is 8.87. The highest BCUT2D eigenvalue weighted by molar-refractivity contribution is 7.16. The monoisotopic (exact) mass is 418 g/mol. The van der Waals surface area contributed by atoms with Gasteiger partial charge in [-0.25, -0.2) is 8.78 Å². The zero-order valence-corrected chi connectivity index (χ0v) is 16.4. The minimum Gasteiger partial charge on any atom is -0.493 e. The summed E-state index contributed by atoms with van der Waals surface area (Å²) in [7, 11) is 3.02. The number of fused-ring (bicyclic) bond motifs is 2. The van der Waals surface area contributed by atoms with Crippen molar-refractivity contribution in [1.29, 1.82) is 0 Å². The van der Waals surface area contributed by atoms with Crippen LogP contribution >= 0.6 is 11.3 Å². The van der Waals surface area contributed by atoms with Gasteiger partial charge in [0.25, 0.3) is 0 Å². The number of benzene rings is 2. The highest BCUT2D eigenvalue weighted by Gasteiger charge is 2.17. The molecule has 0 unspecified atom stereocenters. The first kappa shape index (κ1) is 19.3. The van der Waals surface area contributed by atoms with Gasteiger partial charge in [0.15, 0.2) is 27.7 Å². The lowest BCUT2D eigenvalue weighted by Gasteiger charge is -2.05. The Kier molecular flexibility index (Phi) is 5.16. The molecule has 0 radical (unpaired) electrons. The topological polar surface area (TPSA) is 66.0 Å². The van der Waals surface area contributed by atoms with Gasteiger partial charge in [0.1, 0.15) is 5.82 Å². The highest BCUT2D eigenvalue weighted by atomic mass is 32.1. The molecule has 0 saturated heterocycles. The molecule has 2 aromatic heterocycles. The first-order chi connectivity index (χ1) is 14.0. The standard InChI is InChI=1S/C20H16F2N2O4S/c1-26-7-6-24-17-13(22)9-12(21)10-16(17)29-20(24)23-19(25)15-8-11-4-3-5-14(27-2)18(11)28-15/h3-5,8-10H,6-7H2,1-2H3. The molecule has 29 heavy (non-hydrogen) atoms. The van der Waals surface area contributed by atoms with Gasteiger partial charge in [0.05, 0.1) is 23.9 Å². The van der Waals surface area contributed by atoms with Crippen LogP contribution < -0.4 is 9.54 Å². The molecule has 6 nitrogen and oxygen atoms in total. The maximum Gasteiger partial charge on any atom is 0.315 e. The fourth-order valence-electron chi connectivity index (χ4n) is 3.05. The number of ether oxygens (including phenoxy) is 2. The Labute approximate surface area is 167 Å². The number of carbonyl (C=O) groups is 1. The van der Waals surface area contributed by atoms with Crippen molar-refractivity contribution in [2.45, 2.75) is 6.54 Å². The predicted octanol–water partition coefficient (Wildman–Crippen LogP) is 4.12. The molecule has 4 rings (SSSR count). The number of para-hydroxylation sites is 1. The molecule has 4 aromatic rings. The second-order valence-corrected chi connectivity index (χ2v) is 7.18. The lowest BCUT2D eigenvalue weighted by Crippen LogP contribution is -2.19. The molecule has 1 amide bonds. The molecule has 0 atom stereocenters. The van der Waals surface area contributed by atoms with E-state index >= 15 is 0 Å². The molecule has 0 N–H and O–H groups in total. The SMILES string of the molecule is COCCn1c(=NC(=O)c2cc3cccc(OC)c3o2)sc2cc(F)cc(F)c21. The van der Waals surface area contributed by atoms with E-state index in [9.17, 15) is 13.6 Å². The number of carbonyl (C=O) groups excluding carboxylic acids is 1. The predicted molar refractivity (Wildman–Crippen MR) is 104 cm³/mol. The van der Waals surface area contributed by atoms with Crippen LogP contribution in [-0.4, -0.2) is 31.3 Å². The van der Waals surface area contributed by atoms with Crippen LogP contribution in [0, 0.1) is 11.6 Å². The van der Waals surface area contributed by atoms with Gasteiger partial charge < -0.3 is 18.5 Å². The van der Waals surface area contributed by atoms with Crippen LogP contribution in [0.25, 0.3) is 21.2 Å². The average molecular weight is 418 g/mol. The van der Waals surface area contributed by atoms with Gasteiger partial charge in [-0.05, 0) is 18.2 Å². The van der Waals surface area contributed by atoms with Gasteiger partial charge in [0.2, 0.25) is 0 Å². The maximum absolute atomic E-state index is 14.4. The average Bonchev–Trinajstić information content (AvgIpc) is 3.27. The van der Waals surface area contributed by atoms with Gasteiger partial charge in [-0.2, -0.15) is 4.99 Å². The van der Waals surface area contributed by atoms with Crippen LogP contribution in [0.1, 0.15) is 10.6 Å². The van der Waals surface area contributed by atoms with Crippen molar-refractivity contribution in [1.82, 2.24) is 4.57 Å². The van der Waals surface area contributed by atoms with Gasteiger partial charge in [-0.3, -0.25) is 4.79 Å². The summed E-state index contributed by atoms with van der Waals surface area (Å²) in [5.74, 6) is -1.54. The normalized spacial score (nSPS) is 12.2. The van der Waals surface area contributed by atoms with Crippen LogP contribution in [0.2, 0.25) is 0 Å². The number of halogens is 2. The maximum atomic E-state index is 14.4. The van der Waals surface area contributed by atoms with Crippen LogP contribution in [0.15, 0.2) is 45.8 Å². The lowest BCUT2D eigenvalue weighted by molar-refractivity contribution is 0.0973. The fraction of sp³-hybridized carbons (Fsp3) is 0.200. The second-order valence-electron chi connectivity index (χ2n) is 6.17. The summed E-state index contributed by atoms with van der Waals surface area (Å²) in [5.41, 5.74) is 0.608. The molecule has 0 aliphatic heterocycles. The number of aromatic nitrogens is 1. The summed E-state index contributed by atoms with van der Waals surface area (Å²) < 4.78 is 45.8. The largest absolute Gasteiger partial charge is 0.493 e. The molecule has 0 bridgehead atoms. The summed E-state index contributed by atoms with van der Waals surface area (Å²) in [4.78, 5) is 17.1. The number of hydrogen-bond acceptors (Lipinski definition) is 5. The van der Waals surface area contributed by atoms with E-state index in [0.717, 1.165) is 17.4 Å². The van der Waals surface area contributed by atoms with E-state index in [1.807, 2.05) is 0 Å². The molecule has 9 heteroatoms. The molecule has 0 spiro atoms. The van der Waals surface area contributed by atoms with Crippen molar-refractivity contribution < 1.29 is 27.5 Å². The third kappa shape index (κ3) is 3.54. The summed E-state index contributed by atoms with van der Waals surface area (Å²) >= 11 is 1.01. The molecular weight excluding hydrogens is 402 g/mol. The first-order valence-electron chi connectivity index (χ1n) is 8.64. The van der Waals surface area contributed by atoms with Crippen molar-refractivity contribution in [3.8, 4) is 5.75 Å². The summed E-state index contributed by atoms with van der Waals surface area (Å²) in [6.45, 7) is 0.519. The first-order valence-corrected chi connectivity index (χ1v) is 9.46. The smallest absolute Gasteiger partial charge is 0.315 e. The third-order valence-electron chi connectivity index (χ3n) is 4.35. The van der Waals surface area contributed by atoms with Gasteiger partial charge >= 0.3 is 5.91 Å². The molecule has 0 saturated carbocycles. The van der Waals surface area contributed by atoms with E-state index < -0.39 is 17.5 Å². The fourth-order valence-corrected chi connectivity index (χ4v) is 4.14. The quantitative estimate of drug-likeness (QED) is 0.489. The number of furan rings is 1. The van der Waals surface area contributed by atoms with Crippen molar-refractivity contribution in [3.05, 3.63) is 58.6 Å². The van der Waals surface area contributed by atoms with Crippen molar-refractivity contribution >= 4 is 38.4 Å². The van der Waals surface area contributed by atoms with E-state index in [4.69, 9.17) is 13.9 Å². The Morgan fingerprint density at radius 3 is 2.83 bits per heavy atom. The Morgan fingerprint density at radius 2 is 2.07 bits per heavy atom. The number of amides is 1. The minimum absolute atomic E-state index is 0.0203. The third-order valence-corrected chi connectivity index (χ3v) is 5.38. The molecule has 2 heterocycles. The zero-order chi connectivity index (χ0) is 20.5. The van der Waals surface area contributed by atoms with E-state index in [1.54, 1.807) is 24.3 Å². The van der Waals surface area contributed by atoms with E-state index in [0.29, 0.717) is 21.4 Å². The summed E-state index contributed by atoms with van der Waals surface area (Å²) in [6.07, 6.45) is 0. The molecule has 0 aliphatic carbocycles. The Morgan fingerprint density at radius 1 is 1.24 bits per heavy atom. The number of thiazole rings is 1. The zero-order valence-electron chi connectivity index (χ0n) is 15.6. The Hall–Kier alpha value is -3.04. The van der Waals surface area contributed by atoms with Crippen LogP contribution in [-0.2, 0) is 11.3 Å². The van der Waals surface area contributed by atoms with Crippen molar-refractivity contribution in [2.24, 2.45) is 4.99 Å². The van der Waals surface area contributed by atoms with Crippen LogP contribution in [0.5, 0.6) is 5.75 Å². The Balaban J connectivity index is 1.85. The second kappa shape index (κ2) is 7.76. The van der Waals surface area contributed by atoms with Gasteiger partial charge in [-0.1, -0.05) is 23.5 Å². The molecule has 0 fully saturated rings. The van der Waals surface area contributed by atoms with E-state index in [1.165, 1.54) is 24.9 Å². The van der Waals surface area contributed by atoms with Gasteiger partial charge in [0, 0.05) is 25.1 Å². The number of methoxy groups -OCH3 is 2. The van der Waals surface area contributed by atoms with E-state index in [2.05, 4.69) is 4.99 Å². The van der Waals surface area contributed by atoms with Crippen molar-refractivity contribution in [3.63, 3.8) is 0 Å². The van der Waals surface area contributed by atoms with Crippen LogP contribution in [0.4, 0.5) is 8.78 Å². The number of rotatable bonds is 5. The lowest BCUT2D eigenvalue weighted by atomic mass is 10.2.